The van der Waals surface area contributed by atoms with Crippen LogP contribution in [0.3, 0.4) is 0 Å². The number of hydrogen-bond acceptors (Lipinski definition) is 3. The SMILES string of the molecule is CCCn1cc(NC(=O)NC(CC)(CO)c2ccccc2)ccc1=O. The maximum atomic E-state index is 12.5. The molecule has 1 atom stereocenters. The molecule has 2 amide bonds. The van der Waals surface area contributed by atoms with Crippen LogP contribution in [0.2, 0.25) is 0 Å². The summed E-state index contributed by atoms with van der Waals surface area (Å²) in [6.07, 6.45) is 2.99. The molecule has 1 aromatic carbocycles. The van der Waals surface area contributed by atoms with Crippen molar-refractivity contribution in [2.75, 3.05) is 11.9 Å². The predicted octanol–water partition coefficient (Wildman–Crippen LogP) is 2.68. The van der Waals surface area contributed by atoms with Crippen LogP contribution in [0, 0.1) is 0 Å². The fourth-order valence-electron chi connectivity index (χ4n) is 2.77. The van der Waals surface area contributed by atoms with Crippen molar-refractivity contribution in [3.05, 3.63) is 64.6 Å². The van der Waals surface area contributed by atoms with Crippen molar-refractivity contribution in [3.8, 4) is 0 Å². The summed E-state index contributed by atoms with van der Waals surface area (Å²) in [5.74, 6) is 0. The van der Waals surface area contributed by atoms with Gasteiger partial charge in [0, 0.05) is 18.8 Å². The van der Waals surface area contributed by atoms with E-state index in [9.17, 15) is 14.7 Å². The minimum atomic E-state index is -0.858. The number of benzene rings is 1. The van der Waals surface area contributed by atoms with E-state index in [0.29, 0.717) is 18.7 Å². The molecule has 0 radical (unpaired) electrons. The number of amides is 2. The van der Waals surface area contributed by atoms with Gasteiger partial charge in [-0.05, 0) is 24.5 Å². The second-order valence-corrected chi connectivity index (χ2v) is 5.99. The number of nitrogens with zero attached hydrogens (tertiary/aromatic N) is 1. The summed E-state index contributed by atoms with van der Waals surface area (Å²) in [6.45, 7) is 4.27. The number of aryl methyl sites for hydroxylation is 1. The van der Waals surface area contributed by atoms with Gasteiger partial charge in [0.05, 0.1) is 17.8 Å². The fourth-order valence-corrected chi connectivity index (χ4v) is 2.77. The molecule has 0 aliphatic heterocycles. The molecule has 0 bridgehead atoms. The Morgan fingerprint density at radius 2 is 1.88 bits per heavy atom. The molecule has 0 saturated carbocycles. The van der Waals surface area contributed by atoms with Gasteiger partial charge in [0.25, 0.3) is 5.56 Å². The van der Waals surface area contributed by atoms with E-state index in [0.717, 1.165) is 12.0 Å². The number of aromatic nitrogens is 1. The maximum absolute atomic E-state index is 12.5. The zero-order chi connectivity index (χ0) is 18.3. The summed E-state index contributed by atoms with van der Waals surface area (Å²) in [7, 11) is 0. The Hall–Kier alpha value is -2.60. The monoisotopic (exact) mass is 343 g/mol. The van der Waals surface area contributed by atoms with Gasteiger partial charge in [-0.3, -0.25) is 4.79 Å². The quantitative estimate of drug-likeness (QED) is 0.723. The number of carbonyl (C=O) groups is 1. The van der Waals surface area contributed by atoms with Crippen molar-refractivity contribution in [3.63, 3.8) is 0 Å². The smallest absolute Gasteiger partial charge is 0.320 e. The Morgan fingerprint density at radius 3 is 2.48 bits per heavy atom. The lowest BCUT2D eigenvalue weighted by Crippen LogP contribution is -2.50. The molecule has 134 valence electrons. The molecule has 6 nitrogen and oxygen atoms in total. The standard InChI is InChI=1S/C19H25N3O3/c1-3-12-22-13-16(10-11-17(22)24)20-18(25)21-19(4-2,14-23)15-8-6-5-7-9-15/h5-11,13,23H,3-4,12,14H2,1-2H3,(H2,20,21,25). The van der Waals surface area contributed by atoms with E-state index in [1.165, 1.54) is 6.07 Å². The summed E-state index contributed by atoms with van der Waals surface area (Å²) < 4.78 is 1.56. The number of anilines is 1. The predicted molar refractivity (Wildman–Crippen MR) is 98.6 cm³/mol. The van der Waals surface area contributed by atoms with Crippen molar-refractivity contribution in [2.45, 2.75) is 38.8 Å². The molecule has 0 aliphatic rings. The Labute approximate surface area is 147 Å². The van der Waals surface area contributed by atoms with Gasteiger partial charge in [0.2, 0.25) is 0 Å². The number of carbonyl (C=O) groups excluding carboxylic acids is 1. The minimum Gasteiger partial charge on any atom is -0.394 e. The van der Waals surface area contributed by atoms with Crippen LogP contribution in [0.1, 0.15) is 32.3 Å². The van der Waals surface area contributed by atoms with Crippen molar-refractivity contribution in [1.29, 1.82) is 0 Å². The molecule has 0 saturated heterocycles. The lowest BCUT2D eigenvalue weighted by atomic mass is 9.88. The average molecular weight is 343 g/mol. The van der Waals surface area contributed by atoms with E-state index in [2.05, 4.69) is 10.6 Å². The van der Waals surface area contributed by atoms with Crippen LogP contribution in [-0.2, 0) is 12.1 Å². The van der Waals surface area contributed by atoms with E-state index in [1.807, 2.05) is 44.2 Å². The Kier molecular flexibility index (Phi) is 6.36. The molecule has 1 unspecified atom stereocenters. The van der Waals surface area contributed by atoms with Crippen LogP contribution in [0.4, 0.5) is 10.5 Å². The highest BCUT2D eigenvalue weighted by molar-refractivity contribution is 5.89. The van der Waals surface area contributed by atoms with E-state index < -0.39 is 11.6 Å². The third-order valence-electron chi connectivity index (χ3n) is 4.26. The van der Waals surface area contributed by atoms with Crippen LogP contribution in [0.25, 0.3) is 0 Å². The second kappa shape index (κ2) is 8.48. The highest BCUT2D eigenvalue weighted by Crippen LogP contribution is 2.24. The fraction of sp³-hybridized carbons (Fsp3) is 0.368. The number of aliphatic hydroxyl groups excluding tert-OH is 1. The summed E-state index contributed by atoms with van der Waals surface area (Å²) in [6, 6.07) is 12.0. The van der Waals surface area contributed by atoms with Gasteiger partial charge in [-0.2, -0.15) is 0 Å². The van der Waals surface area contributed by atoms with Gasteiger partial charge in [0.15, 0.2) is 0 Å². The Balaban J connectivity index is 2.17. The molecule has 0 aliphatic carbocycles. The van der Waals surface area contributed by atoms with Gasteiger partial charge in [-0.25, -0.2) is 4.79 Å². The number of urea groups is 1. The number of rotatable bonds is 7. The first-order chi connectivity index (χ1) is 12.0. The van der Waals surface area contributed by atoms with Gasteiger partial charge in [0.1, 0.15) is 0 Å². The Bertz CT molecular complexity index is 752. The number of nitrogens with one attached hydrogen (secondary N) is 2. The number of aliphatic hydroxyl groups is 1. The lowest BCUT2D eigenvalue weighted by Gasteiger charge is -2.32. The summed E-state index contributed by atoms with van der Waals surface area (Å²) >= 11 is 0. The molecule has 2 rings (SSSR count). The molecule has 25 heavy (non-hydrogen) atoms. The van der Waals surface area contributed by atoms with E-state index in [4.69, 9.17) is 0 Å². The first-order valence-electron chi connectivity index (χ1n) is 8.50. The van der Waals surface area contributed by atoms with E-state index >= 15 is 0 Å². The van der Waals surface area contributed by atoms with Gasteiger partial charge in [-0.15, -0.1) is 0 Å². The largest absolute Gasteiger partial charge is 0.394 e. The van der Waals surface area contributed by atoms with Crippen LogP contribution < -0.4 is 16.2 Å². The van der Waals surface area contributed by atoms with Crippen LogP contribution >= 0.6 is 0 Å². The molecule has 0 spiro atoms. The molecule has 3 N–H and O–H groups in total. The highest BCUT2D eigenvalue weighted by atomic mass is 16.3. The second-order valence-electron chi connectivity index (χ2n) is 5.99. The molecule has 6 heteroatoms. The zero-order valence-corrected chi connectivity index (χ0v) is 14.7. The lowest BCUT2D eigenvalue weighted by molar-refractivity contribution is 0.159. The highest BCUT2D eigenvalue weighted by Gasteiger charge is 2.31. The summed E-state index contributed by atoms with van der Waals surface area (Å²) in [4.78, 5) is 24.2. The van der Waals surface area contributed by atoms with Crippen LogP contribution in [-0.4, -0.2) is 22.3 Å². The Morgan fingerprint density at radius 1 is 1.16 bits per heavy atom. The summed E-state index contributed by atoms with van der Waals surface area (Å²) in [5, 5.41) is 15.5. The first-order valence-corrected chi connectivity index (χ1v) is 8.50. The van der Waals surface area contributed by atoms with Crippen molar-refractivity contribution in [2.24, 2.45) is 0 Å². The number of pyridine rings is 1. The topological polar surface area (TPSA) is 83.4 Å². The average Bonchev–Trinajstić information content (AvgIpc) is 2.63. The van der Waals surface area contributed by atoms with Gasteiger partial charge < -0.3 is 20.3 Å². The van der Waals surface area contributed by atoms with Gasteiger partial charge in [-0.1, -0.05) is 44.2 Å². The normalized spacial score (nSPS) is 13.1. The van der Waals surface area contributed by atoms with Crippen LogP contribution in [0.15, 0.2) is 53.5 Å². The first kappa shape index (κ1) is 18.7. The van der Waals surface area contributed by atoms with Crippen molar-refractivity contribution in [1.82, 2.24) is 9.88 Å². The van der Waals surface area contributed by atoms with Crippen molar-refractivity contribution < 1.29 is 9.90 Å². The third kappa shape index (κ3) is 4.48. The zero-order valence-electron chi connectivity index (χ0n) is 14.7. The van der Waals surface area contributed by atoms with Crippen molar-refractivity contribution >= 4 is 11.7 Å². The molecule has 1 heterocycles. The maximum Gasteiger partial charge on any atom is 0.320 e. The molecule has 2 aromatic rings. The van der Waals surface area contributed by atoms with Crippen LogP contribution in [0.5, 0.6) is 0 Å². The van der Waals surface area contributed by atoms with Gasteiger partial charge >= 0.3 is 6.03 Å². The van der Waals surface area contributed by atoms with E-state index in [1.54, 1.807) is 16.8 Å². The molecular weight excluding hydrogens is 318 g/mol. The minimum absolute atomic E-state index is 0.102. The molecule has 0 fully saturated rings. The third-order valence-corrected chi connectivity index (χ3v) is 4.26. The molecular formula is C19H25N3O3. The number of hydrogen-bond donors (Lipinski definition) is 3. The summed E-state index contributed by atoms with van der Waals surface area (Å²) in [5.41, 5.74) is 0.409. The van der Waals surface area contributed by atoms with E-state index in [-0.39, 0.29) is 12.2 Å². The molecule has 1 aromatic heterocycles.